The van der Waals surface area contributed by atoms with Crippen LogP contribution < -0.4 is 5.73 Å². The third-order valence-corrected chi connectivity index (χ3v) is 3.87. The first-order valence-corrected chi connectivity index (χ1v) is 7.64. The summed E-state index contributed by atoms with van der Waals surface area (Å²) >= 11 is 6.07. The van der Waals surface area contributed by atoms with Crippen molar-refractivity contribution in [2.45, 2.75) is 33.4 Å². The molecule has 0 aliphatic rings. The van der Waals surface area contributed by atoms with Crippen LogP contribution in [0.15, 0.2) is 18.2 Å². The third kappa shape index (κ3) is 3.32. The van der Waals surface area contributed by atoms with Crippen LogP contribution in [0.4, 0.5) is 0 Å². The summed E-state index contributed by atoms with van der Waals surface area (Å²) in [6.45, 7) is 8.86. The molecule has 0 aliphatic carbocycles. The number of benzene rings is 1. The number of hydrogen-bond donors (Lipinski definition) is 1. The summed E-state index contributed by atoms with van der Waals surface area (Å²) in [6.07, 6.45) is 0.958. The fourth-order valence-corrected chi connectivity index (χ4v) is 2.59. The second-order valence-electron chi connectivity index (χ2n) is 4.92. The molecule has 110 valence electrons. The fraction of sp³-hybridized carbons (Fsp3) is 0.533. The highest BCUT2D eigenvalue weighted by Crippen LogP contribution is 2.21. The number of imidazole rings is 1. The number of hydrogen-bond acceptors (Lipinski definition) is 3. The minimum atomic E-state index is 0.692. The number of fused-ring (bicyclic) bond motifs is 1. The van der Waals surface area contributed by atoms with Crippen molar-refractivity contribution in [2.24, 2.45) is 5.73 Å². The van der Waals surface area contributed by atoms with Gasteiger partial charge in [-0.05, 0) is 44.3 Å². The normalized spacial score (nSPS) is 11.7. The fourth-order valence-electron chi connectivity index (χ4n) is 2.42. The zero-order valence-electron chi connectivity index (χ0n) is 12.3. The van der Waals surface area contributed by atoms with Gasteiger partial charge in [0.15, 0.2) is 0 Å². The Morgan fingerprint density at radius 3 is 2.70 bits per heavy atom. The van der Waals surface area contributed by atoms with Crippen LogP contribution in [0.2, 0.25) is 5.02 Å². The first kappa shape index (κ1) is 15.3. The highest BCUT2D eigenvalue weighted by atomic mass is 35.5. The van der Waals surface area contributed by atoms with Gasteiger partial charge in [0.2, 0.25) is 0 Å². The van der Waals surface area contributed by atoms with Gasteiger partial charge in [-0.25, -0.2) is 4.98 Å². The minimum absolute atomic E-state index is 0.692. The minimum Gasteiger partial charge on any atom is -0.330 e. The number of rotatable bonds is 7. The molecular weight excluding hydrogens is 272 g/mol. The monoisotopic (exact) mass is 294 g/mol. The van der Waals surface area contributed by atoms with E-state index < -0.39 is 0 Å². The Bertz CT molecular complexity index is 560. The summed E-state index contributed by atoms with van der Waals surface area (Å²) in [5, 5.41) is 0.732. The molecule has 20 heavy (non-hydrogen) atoms. The van der Waals surface area contributed by atoms with Crippen molar-refractivity contribution in [3.05, 3.63) is 29.0 Å². The predicted molar refractivity (Wildman–Crippen MR) is 85.0 cm³/mol. The van der Waals surface area contributed by atoms with Crippen LogP contribution in [0.5, 0.6) is 0 Å². The molecule has 0 amide bonds. The van der Waals surface area contributed by atoms with E-state index in [1.165, 1.54) is 0 Å². The molecule has 1 aromatic heterocycles. The number of nitrogens with two attached hydrogens (primary N) is 1. The van der Waals surface area contributed by atoms with Crippen molar-refractivity contribution < 1.29 is 0 Å². The van der Waals surface area contributed by atoms with Crippen LogP contribution in [0, 0.1) is 0 Å². The number of halogens is 1. The van der Waals surface area contributed by atoms with Gasteiger partial charge < -0.3 is 10.3 Å². The summed E-state index contributed by atoms with van der Waals surface area (Å²) in [7, 11) is 0. The number of nitrogens with zero attached hydrogens (tertiary/aromatic N) is 3. The second kappa shape index (κ2) is 7.07. The van der Waals surface area contributed by atoms with E-state index in [4.69, 9.17) is 22.3 Å². The Hall–Kier alpha value is -1.10. The molecular formula is C15H23ClN4. The van der Waals surface area contributed by atoms with E-state index >= 15 is 0 Å². The topological polar surface area (TPSA) is 47.1 Å². The molecule has 4 nitrogen and oxygen atoms in total. The second-order valence-corrected chi connectivity index (χ2v) is 5.35. The molecule has 2 aromatic rings. The maximum Gasteiger partial charge on any atom is 0.124 e. The molecule has 1 heterocycles. The molecule has 0 bridgehead atoms. The Labute approximate surface area is 125 Å². The van der Waals surface area contributed by atoms with E-state index in [1.54, 1.807) is 0 Å². The molecule has 0 fully saturated rings. The lowest BCUT2D eigenvalue weighted by Crippen LogP contribution is -2.24. The van der Waals surface area contributed by atoms with E-state index in [1.807, 2.05) is 18.2 Å². The molecule has 2 N–H and O–H groups in total. The van der Waals surface area contributed by atoms with Gasteiger partial charge in [-0.15, -0.1) is 0 Å². The molecule has 2 rings (SSSR count). The molecule has 0 unspecified atom stereocenters. The van der Waals surface area contributed by atoms with Gasteiger partial charge in [0.25, 0.3) is 0 Å². The number of aryl methyl sites for hydroxylation is 1. The molecule has 1 aromatic carbocycles. The van der Waals surface area contributed by atoms with Crippen molar-refractivity contribution in [1.82, 2.24) is 14.5 Å². The molecule has 0 atom stereocenters. The van der Waals surface area contributed by atoms with Crippen LogP contribution in [0.25, 0.3) is 11.0 Å². The average molecular weight is 295 g/mol. The molecule has 0 saturated heterocycles. The standard InChI is InChI=1S/C15H23ClN4/c1-3-19(4-2)11-15-18-13-10-12(16)6-7-14(13)20(15)9-5-8-17/h6-7,10H,3-5,8-9,11,17H2,1-2H3. The summed E-state index contributed by atoms with van der Waals surface area (Å²) in [5.74, 6) is 1.10. The van der Waals surface area contributed by atoms with Gasteiger partial charge in [-0.3, -0.25) is 4.90 Å². The Balaban J connectivity index is 2.39. The highest BCUT2D eigenvalue weighted by molar-refractivity contribution is 6.31. The lowest BCUT2D eigenvalue weighted by atomic mass is 10.3. The van der Waals surface area contributed by atoms with E-state index in [0.717, 1.165) is 54.5 Å². The zero-order chi connectivity index (χ0) is 14.5. The Morgan fingerprint density at radius 1 is 1.30 bits per heavy atom. The van der Waals surface area contributed by atoms with Crippen LogP contribution >= 0.6 is 11.6 Å². The lowest BCUT2D eigenvalue weighted by molar-refractivity contribution is 0.284. The van der Waals surface area contributed by atoms with Crippen LogP contribution in [-0.4, -0.2) is 34.1 Å². The molecule has 0 spiro atoms. The predicted octanol–water partition coefficient (Wildman–Crippen LogP) is 2.88. The summed E-state index contributed by atoms with van der Waals surface area (Å²) < 4.78 is 2.27. The first-order valence-electron chi connectivity index (χ1n) is 7.26. The molecule has 0 radical (unpaired) electrons. The highest BCUT2D eigenvalue weighted by Gasteiger charge is 2.13. The zero-order valence-corrected chi connectivity index (χ0v) is 13.0. The average Bonchev–Trinajstić information content (AvgIpc) is 2.78. The van der Waals surface area contributed by atoms with Crippen LogP contribution in [0.3, 0.4) is 0 Å². The van der Waals surface area contributed by atoms with E-state index in [0.29, 0.717) is 6.54 Å². The Morgan fingerprint density at radius 2 is 2.05 bits per heavy atom. The maximum absolute atomic E-state index is 6.07. The summed E-state index contributed by atoms with van der Waals surface area (Å²) in [6, 6.07) is 5.90. The van der Waals surface area contributed by atoms with Gasteiger partial charge in [0.05, 0.1) is 17.6 Å². The van der Waals surface area contributed by atoms with Gasteiger partial charge >= 0.3 is 0 Å². The van der Waals surface area contributed by atoms with E-state index in [9.17, 15) is 0 Å². The van der Waals surface area contributed by atoms with Crippen LogP contribution in [0.1, 0.15) is 26.1 Å². The SMILES string of the molecule is CCN(CC)Cc1nc2cc(Cl)ccc2n1CCCN. The number of aromatic nitrogens is 2. The van der Waals surface area contributed by atoms with Crippen molar-refractivity contribution in [1.29, 1.82) is 0 Å². The smallest absolute Gasteiger partial charge is 0.124 e. The van der Waals surface area contributed by atoms with Gasteiger partial charge in [0.1, 0.15) is 5.82 Å². The molecule has 0 saturated carbocycles. The first-order chi connectivity index (χ1) is 9.69. The van der Waals surface area contributed by atoms with E-state index in [2.05, 4.69) is 23.3 Å². The van der Waals surface area contributed by atoms with Gasteiger partial charge in [-0.2, -0.15) is 0 Å². The Kier molecular flexibility index (Phi) is 5.40. The van der Waals surface area contributed by atoms with Crippen molar-refractivity contribution in [3.8, 4) is 0 Å². The largest absolute Gasteiger partial charge is 0.330 e. The van der Waals surface area contributed by atoms with E-state index in [-0.39, 0.29) is 0 Å². The van der Waals surface area contributed by atoms with Gasteiger partial charge in [0, 0.05) is 11.6 Å². The lowest BCUT2D eigenvalue weighted by Gasteiger charge is -2.18. The van der Waals surface area contributed by atoms with Crippen molar-refractivity contribution in [2.75, 3.05) is 19.6 Å². The van der Waals surface area contributed by atoms with Crippen molar-refractivity contribution in [3.63, 3.8) is 0 Å². The third-order valence-electron chi connectivity index (χ3n) is 3.63. The molecule has 5 heteroatoms. The maximum atomic E-state index is 6.07. The summed E-state index contributed by atoms with van der Waals surface area (Å²) in [4.78, 5) is 7.12. The van der Waals surface area contributed by atoms with Crippen LogP contribution in [-0.2, 0) is 13.1 Å². The summed E-state index contributed by atoms with van der Waals surface area (Å²) in [5.41, 5.74) is 7.76. The molecule has 0 aliphatic heterocycles. The van der Waals surface area contributed by atoms with Crippen molar-refractivity contribution >= 4 is 22.6 Å². The van der Waals surface area contributed by atoms with Gasteiger partial charge in [-0.1, -0.05) is 25.4 Å². The quantitative estimate of drug-likeness (QED) is 0.854.